The zero-order valence-corrected chi connectivity index (χ0v) is 11.9. The van der Waals surface area contributed by atoms with E-state index in [1.807, 2.05) is 0 Å². The Kier molecular flexibility index (Phi) is 3.16. The first kappa shape index (κ1) is 13.1. The average Bonchev–Trinajstić information content (AvgIpc) is 2.91. The van der Waals surface area contributed by atoms with E-state index in [4.69, 9.17) is 0 Å². The summed E-state index contributed by atoms with van der Waals surface area (Å²) in [5.41, 5.74) is 0.163. The van der Waals surface area contributed by atoms with Gasteiger partial charge in [-0.1, -0.05) is 20.3 Å². The topological polar surface area (TPSA) is 49.4 Å². The van der Waals surface area contributed by atoms with Gasteiger partial charge >= 0.3 is 0 Å². The Bertz CT molecular complexity index is 383. The SMILES string of the molecule is CC1(C)CCCNC1CN1C(=O)C2CCCC2C1=O. The van der Waals surface area contributed by atoms with Gasteiger partial charge in [-0.2, -0.15) is 0 Å². The Morgan fingerprint density at radius 1 is 1.16 bits per heavy atom. The molecule has 1 N–H and O–H groups in total. The van der Waals surface area contributed by atoms with Gasteiger partial charge in [0, 0.05) is 12.6 Å². The smallest absolute Gasteiger partial charge is 0.233 e. The van der Waals surface area contributed by atoms with Crippen LogP contribution in [0.25, 0.3) is 0 Å². The van der Waals surface area contributed by atoms with Crippen molar-refractivity contribution in [2.24, 2.45) is 17.3 Å². The van der Waals surface area contributed by atoms with Crippen molar-refractivity contribution in [3.63, 3.8) is 0 Å². The molecule has 0 spiro atoms. The second kappa shape index (κ2) is 4.58. The molecule has 106 valence electrons. The van der Waals surface area contributed by atoms with Crippen molar-refractivity contribution in [3.8, 4) is 0 Å². The normalized spacial score (nSPS) is 37.8. The fraction of sp³-hybridized carbons (Fsp3) is 0.867. The van der Waals surface area contributed by atoms with Crippen LogP contribution in [0.5, 0.6) is 0 Å². The Morgan fingerprint density at radius 3 is 2.37 bits per heavy atom. The van der Waals surface area contributed by atoms with Crippen LogP contribution in [0.2, 0.25) is 0 Å². The molecule has 2 saturated heterocycles. The number of hydrogen-bond donors (Lipinski definition) is 1. The fourth-order valence-corrected chi connectivity index (χ4v) is 4.01. The van der Waals surface area contributed by atoms with Crippen LogP contribution < -0.4 is 5.32 Å². The van der Waals surface area contributed by atoms with Crippen LogP contribution in [0.15, 0.2) is 0 Å². The maximum absolute atomic E-state index is 12.4. The summed E-state index contributed by atoms with van der Waals surface area (Å²) in [5, 5.41) is 3.50. The number of amides is 2. The van der Waals surface area contributed by atoms with Crippen molar-refractivity contribution in [2.45, 2.75) is 52.0 Å². The standard InChI is InChI=1S/C15H24N2O2/c1-15(2)7-4-8-16-12(15)9-17-13(18)10-5-3-6-11(10)14(17)19/h10-12,16H,3-9H2,1-2H3. The summed E-state index contributed by atoms with van der Waals surface area (Å²) >= 11 is 0. The van der Waals surface area contributed by atoms with Gasteiger partial charge in [0.05, 0.1) is 11.8 Å². The second-order valence-corrected chi connectivity index (χ2v) is 7.03. The highest BCUT2D eigenvalue weighted by Gasteiger charge is 2.50. The van der Waals surface area contributed by atoms with Gasteiger partial charge in [0.2, 0.25) is 11.8 Å². The van der Waals surface area contributed by atoms with Crippen LogP contribution in [0, 0.1) is 17.3 Å². The number of carbonyl (C=O) groups excluding carboxylic acids is 2. The number of nitrogens with one attached hydrogen (secondary N) is 1. The van der Waals surface area contributed by atoms with Crippen LogP contribution in [-0.2, 0) is 9.59 Å². The molecule has 2 heterocycles. The van der Waals surface area contributed by atoms with E-state index in [0.717, 1.165) is 32.2 Å². The number of nitrogens with zero attached hydrogens (tertiary/aromatic N) is 1. The van der Waals surface area contributed by atoms with Crippen molar-refractivity contribution in [2.75, 3.05) is 13.1 Å². The van der Waals surface area contributed by atoms with E-state index in [0.29, 0.717) is 6.54 Å². The third-order valence-corrected chi connectivity index (χ3v) is 5.38. The molecule has 4 heteroatoms. The Labute approximate surface area is 114 Å². The van der Waals surface area contributed by atoms with Crippen molar-refractivity contribution in [1.82, 2.24) is 10.2 Å². The van der Waals surface area contributed by atoms with Gasteiger partial charge in [0.1, 0.15) is 0 Å². The summed E-state index contributed by atoms with van der Waals surface area (Å²) in [6.45, 7) is 6.03. The van der Waals surface area contributed by atoms with Crippen molar-refractivity contribution in [1.29, 1.82) is 0 Å². The lowest BCUT2D eigenvalue weighted by atomic mass is 9.77. The molecule has 3 atom stereocenters. The van der Waals surface area contributed by atoms with Gasteiger partial charge < -0.3 is 5.32 Å². The molecule has 1 saturated carbocycles. The minimum absolute atomic E-state index is 0.000738. The summed E-state index contributed by atoms with van der Waals surface area (Å²) in [6, 6.07) is 0.243. The molecule has 0 aromatic rings. The molecular weight excluding hydrogens is 240 g/mol. The van der Waals surface area contributed by atoms with E-state index >= 15 is 0 Å². The molecule has 0 radical (unpaired) electrons. The van der Waals surface area contributed by atoms with Gasteiger partial charge in [-0.25, -0.2) is 0 Å². The number of hydrogen-bond acceptors (Lipinski definition) is 3. The first-order valence-corrected chi connectivity index (χ1v) is 7.59. The largest absolute Gasteiger partial charge is 0.312 e. The summed E-state index contributed by atoms with van der Waals surface area (Å²) in [5.74, 6) is 0.185. The molecule has 1 aliphatic carbocycles. The van der Waals surface area contributed by atoms with Crippen molar-refractivity contribution in [3.05, 3.63) is 0 Å². The molecule has 3 aliphatic rings. The zero-order chi connectivity index (χ0) is 13.6. The Hall–Kier alpha value is -0.900. The van der Waals surface area contributed by atoms with Crippen LogP contribution in [0.3, 0.4) is 0 Å². The van der Waals surface area contributed by atoms with E-state index in [9.17, 15) is 9.59 Å². The number of likely N-dealkylation sites (tertiary alicyclic amines) is 1. The fourth-order valence-electron chi connectivity index (χ4n) is 4.01. The molecule has 4 nitrogen and oxygen atoms in total. The van der Waals surface area contributed by atoms with Gasteiger partial charge in [-0.3, -0.25) is 14.5 Å². The first-order valence-electron chi connectivity index (χ1n) is 7.59. The number of piperidine rings is 1. The third kappa shape index (κ3) is 2.10. The minimum Gasteiger partial charge on any atom is -0.312 e. The molecule has 3 rings (SSSR count). The van der Waals surface area contributed by atoms with Crippen molar-refractivity contribution >= 4 is 11.8 Å². The van der Waals surface area contributed by atoms with Crippen LogP contribution in [0.1, 0.15) is 46.0 Å². The molecule has 0 aromatic heterocycles. The number of carbonyl (C=O) groups is 2. The molecule has 2 amide bonds. The van der Waals surface area contributed by atoms with E-state index < -0.39 is 0 Å². The molecule has 3 unspecified atom stereocenters. The molecule has 2 aliphatic heterocycles. The zero-order valence-electron chi connectivity index (χ0n) is 11.9. The number of rotatable bonds is 2. The third-order valence-electron chi connectivity index (χ3n) is 5.38. The summed E-state index contributed by atoms with van der Waals surface area (Å²) in [4.78, 5) is 26.3. The maximum atomic E-state index is 12.4. The molecule has 19 heavy (non-hydrogen) atoms. The van der Waals surface area contributed by atoms with E-state index in [2.05, 4.69) is 19.2 Å². The Morgan fingerprint density at radius 2 is 1.79 bits per heavy atom. The highest BCUT2D eigenvalue weighted by atomic mass is 16.2. The van der Waals surface area contributed by atoms with Gasteiger partial charge in [0.15, 0.2) is 0 Å². The van der Waals surface area contributed by atoms with Gasteiger partial charge in [0.25, 0.3) is 0 Å². The monoisotopic (exact) mass is 264 g/mol. The summed E-state index contributed by atoms with van der Waals surface area (Å²) in [7, 11) is 0. The Balaban J connectivity index is 1.73. The summed E-state index contributed by atoms with van der Waals surface area (Å²) < 4.78 is 0. The predicted octanol–water partition coefficient (Wildman–Crippen LogP) is 1.55. The lowest BCUT2D eigenvalue weighted by Crippen LogP contribution is -2.54. The lowest BCUT2D eigenvalue weighted by Gasteiger charge is -2.41. The number of imide groups is 1. The lowest BCUT2D eigenvalue weighted by molar-refractivity contribution is -0.141. The molecule has 3 fully saturated rings. The highest BCUT2D eigenvalue weighted by Crippen LogP contribution is 2.40. The molecule has 0 aromatic carbocycles. The van der Waals surface area contributed by atoms with Crippen LogP contribution in [0.4, 0.5) is 0 Å². The van der Waals surface area contributed by atoms with Crippen LogP contribution >= 0.6 is 0 Å². The first-order chi connectivity index (χ1) is 9.00. The van der Waals surface area contributed by atoms with E-state index in [1.54, 1.807) is 4.90 Å². The number of fused-ring (bicyclic) bond motifs is 1. The van der Waals surface area contributed by atoms with Gasteiger partial charge in [-0.15, -0.1) is 0 Å². The molecular formula is C15H24N2O2. The maximum Gasteiger partial charge on any atom is 0.233 e. The minimum atomic E-state index is -0.000738. The average molecular weight is 264 g/mol. The van der Waals surface area contributed by atoms with Gasteiger partial charge in [-0.05, 0) is 37.6 Å². The highest BCUT2D eigenvalue weighted by molar-refractivity contribution is 6.05. The second-order valence-electron chi connectivity index (χ2n) is 7.03. The predicted molar refractivity (Wildman–Crippen MR) is 72.4 cm³/mol. The summed E-state index contributed by atoms with van der Waals surface area (Å²) in [6.07, 6.45) is 5.19. The van der Waals surface area contributed by atoms with Crippen molar-refractivity contribution < 1.29 is 9.59 Å². The molecule has 0 bridgehead atoms. The van der Waals surface area contributed by atoms with E-state index in [-0.39, 0.29) is 35.1 Å². The van der Waals surface area contributed by atoms with E-state index in [1.165, 1.54) is 6.42 Å². The quantitative estimate of drug-likeness (QED) is 0.770. The van der Waals surface area contributed by atoms with Crippen LogP contribution in [-0.4, -0.2) is 35.8 Å².